The van der Waals surface area contributed by atoms with E-state index in [1.807, 2.05) is 11.8 Å². The van der Waals surface area contributed by atoms with Crippen molar-refractivity contribution < 1.29 is 0 Å². The number of hydrogen-bond acceptors (Lipinski definition) is 1. The number of para-hydroxylation sites is 3. The molecule has 0 saturated heterocycles. The van der Waals surface area contributed by atoms with Crippen molar-refractivity contribution in [2.24, 2.45) is 0 Å². The van der Waals surface area contributed by atoms with Gasteiger partial charge in [0.05, 0.1) is 22.1 Å². The Kier molecular flexibility index (Phi) is 6.98. The fourth-order valence-electron chi connectivity index (χ4n) is 9.92. The van der Waals surface area contributed by atoms with Crippen LogP contribution in [0.4, 0.5) is 0 Å². The van der Waals surface area contributed by atoms with Crippen molar-refractivity contribution in [1.29, 1.82) is 0 Å². The molecule has 0 N–H and O–H groups in total. The van der Waals surface area contributed by atoms with Gasteiger partial charge in [0, 0.05) is 48.6 Å². The predicted molar refractivity (Wildman–Crippen MR) is 232 cm³/mol. The minimum Gasteiger partial charge on any atom is -0.309 e. The molecule has 4 heterocycles. The topological polar surface area (TPSA) is 9.86 Å². The van der Waals surface area contributed by atoms with Crippen LogP contribution in [0.3, 0.4) is 0 Å². The van der Waals surface area contributed by atoms with E-state index in [9.17, 15) is 0 Å². The van der Waals surface area contributed by atoms with Crippen LogP contribution in [-0.4, -0.2) is 15.8 Å². The van der Waals surface area contributed by atoms with Crippen molar-refractivity contribution in [2.75, 3.05) is 0 Å². The number of benzene rings is 7. The first-order valence-corrected chi connectivity index (χ1v) is 20.3. The van der Waals surface area contributed by atoms with Crippen molar-refractivity contribution in [1.82, 2.24) is 9.13 Å². The number of aromatic nitrogens is 2. The largest absolute Gasteiger partial charge is 0.309 e. The highest BCUT2D eigenvalue weighted by molar-refractivity contribution is 8.00. The normalized spacial score (nSPS) is 14.8. The van der Waals surface area contributed by atoms with Gasteiger partial charge in [0.2, 0.25) is 6.71 Å². The summed E-state index contributed by atoms with van der Waals surface area (Å²) in [6.07, 6.45) is 0. The first kappa shape index (κ1) is 32.0. The van der Waals surface area contributed by atoms with Gasteiger partial charge in [-0.15, -0.1) is 0 Å². The quantitative estimate of drug-likeness (QED) is 0.165. The van der Waals surface area contributed by atoms with Crippen molar-refractivity contribution in [2.45, 2.75) is 62.2 Å². The molecule has 2 aliphatic heterocycles. The van der Waals surface area contributed by atoms with Crippen molar-refractivity contribution >= 4 is 78.5 Å². The Hall–Kier alpha value is -5.45. The molecule has 2 aromatic heterocycles. The minimum absolute atomic E-state index is 0.222. The number of rotatable bonds is 4. The second kappa shape index (κ2) is 11.8. The molecule has 54 heavy (non-hydrogen) atoms. The smallest absolute Gasteiger partial charge is 0.245 e. The molecule has 0 fully saturated rings. The lowest BCUT2D eigenvalue weighted by atomic mass is 9.31. The molecule has 11 rings (SSSR count). The van der Waals surface area contributed by atoms with Gasteiger partial charge in [0.1, 0.15) is 0 Å². The van der Waals surface area contributed by atoms with Crippen LogP contribution in [0.25, 0.3) is 55.0 Å². The predicted octanol–water partition coefficient (Wildman–Crippen LogP) is 11.6. The van der Waals surface area contributed by atoms with Gasteiger partial charge in [0.15, 0.2) is 0 Å². The maximum atomic E-state index is 2.59. The fraction of sp³-hybridized carbons (Fsp3) is 0.160. The van der Waals surface area contributed by atoms with E-state index in [1.54, 1.807) is 5.46 Å². The molecule has 0 aliphatic carbocycles. The van der Waals surface area contributed by atoms with Crippen LogP contribution in [-0.2, 0) is 0 Å². The summed E-state index contributed by atoms with van der Waals surface area (Å²) in [5.74, 6) is 1.17. The van der Waals surface area contributed by atoms with Gasteiger partial charge in [-0.3, -0.25) is 0 Å². The Morgan fingerprint density at radius 2 is 1.22 bits per heavy atom. The molecule has 7 aromatic carbocycles. The van der Waals surface area contributed by atoms with Crippen LogP contribution >= 0.6 is 11.8 Å². The second-order valence-corrected chi connectivity index (χ2v) is 17.1. The van der Waals surface area contributed by atoms with Crippen LogP contribution < -0.4 is 16.4 Å². The second-order valence-electron chi connectivity index (χ2n) is 16.1. The van der Waals surface area contributed by atoms with Gasteiger partial charge in [0.25, 0.3) is 0 Å². The lowest BCUT2D eigenvalue weighted by molar-refractivity contribution is 0.821. The molecule has 2 nitrogen and oxygen atoms in total. The van der Waals surface area contributed by atoms with E-state index in [0.29, 0.717) is 11.8 Å². The van der Waals surface area contributed by atoms with E-state index in [1.165, 1.54) is 98.0 Å². The monoisotopic (exact) mass is 712 g/mol. The average molecular weight is 713 g/mol. The summed E-state index contributed by atoms with van der Waals surface area (Å²) < 4.78 is 5.03. The Morgan fingerprint density at radius 1 is 0.537 bits per heavy atom. The minimum atomic E-state index is 0.222. The van der Waals surface area contributed by atoms with E-state index < -0.39 is 0 Å². The van der Waals surface area contributed by atoms with E-state index in [-0.39, 0.29) is 12.6 Å². The highest BCUT2D eigenvalue weighted by atomic mass is 32.2. The fourth-order valence-corrected chi connectivity index (χ4v) is 11.1. The maximum Gasteiger partial charge on any atom is 0.245 e. The van der Waals surface area contributed by atoms with Gasteiger partial charge < -0.3 is 9.13 Å². The molecular formula is C50H41BN2S. The molecular weight excluding hydrogens is 671 g/mol. The van der Waals surface area contributed by atoms with E-state index in [0.717, 1.165) is 0 Å². The summed E-state index contributed by atoms with van der Waals surface area (Å²) in [6, 6.07) is 52.8. The first-order valence-electron chi connectivity index (χ1n) is 19.5. The molecule has 0 radical (unpaired) electrons. The Balaban J connectivity index is 1.26. The molecule has 2 aliphatic rings. The third-order valence-electron chi connectivity index (χ3n) is 12.4. The molecule has 260 valence electrons. The van der Waals surface area contributed by atoms with Gasteiger partial charge in [-0.1, -0.05) is 154 Å². The molecule has 9 aromatic rings. The molecule has 4 heteroatoms. The molecule has 1 unspecified atom stereocenters. The van der Waals surface area contributed by atoms with E-state index in [2.05, 4.69) is 183 Å². The molecule has 0 bridgehead atoms. The SMILES string of the molecule is CC(C)c1cc(C(C)C)c2c(c1)C(C)c1cc(-n3c4ccccc4c4ccc5c(c6ccccc6n5-c5ccccc5)c43)cc3c1B2c1ccccc1S3. The zero-order valence-corrected chi connectivity index (χ0v) is 32.2. The van der Waals surface area contributed by atoms with Crippen LogP contribution in [0, 0.1) is 0 Å². The highest BCUT2D eigenvalue weighted by Crippen LogP contribution is 2.45. The lowest BCUT2D eigenvalue weighted by Crippen LogP contribution is -2.61. The van der Waals surface area contributed by atoms with Crippen molar-refractivity contribution in [3.63, 3.8) is 0 Å². The summed E-state index contributed by atoms with van der Waals surface area (Å²) in [4.78, 5) is 2.76. The molecule has 0 spiro atoms. The third-order valence-corrected chi connectivity index (χ3v) is 13.6. The lowest BCUT2D eigenvalue weighted by Gasteiger charge is -2.39. The average Bonchev–Trinajstić information content (AvgIpc) is 3.72. The zero-order chi connectivity index (χ0) is 36.4. The molecule has 0 saturated carbocycles. The maximum absolute atomic E-state index is 2.59. The van der Waals surface area contributed by atoms with Gasteiger partial charge in [-0.25, -0.2) is 0 Å². The van der Waals surface area contributed by atoms with E-state index in [4.69, 9.17) is 0 Å². The van der Waals surface area contributed by atoms with Gasteiger partial charge in [-0.2, -0.15) is 0 Å². The van der Waals surface area contributed by atoms with Crippen molar-refractivity contribution in [3.05, 3.63) is 162 Å². The highest BCUT2D eigenvalue weighted by Gasteiger charge is 2.42. The molecule has 1 atom stereocenters. The van der Waals surface area contributed by atoms with Gasteiger partial charge >= 0.3 is 0 Å². The zero-order valence-electron chi connectivity index (χ0n) is 31.4. The standard InChI is InChI=1S/C50H41BN2S/c1-29(2)32-25-38(30(3)4)48-39(26-32)31(5)40-27-34(28-46-49(40)51(48)41-19-11-14-22-45(41)54-46)53-42-20-12-9-17-35(42)36-23-24-44-47(50(36)53)37-18-10-13-21-43(37)52(44)33-15-7-6-8-16-33/h6-31H,1-5H3. The molecule has 0 amide bonds. The summed E-state index contributed by atoms with van der Waals surface area (Å²) in [6.45, 7) is 12.1. The van der Waals surface area contributed by atoms with Gasteiger partial charge in [-0.05, 0) is 82.6 Å². The number of nitrogens with zero attached hydrogens (tertiary/aromatic N) is 2. The summed E-state index contributed by atoms with van der Waals surface area (Å²) in [5, 5.41) is 5.15. The van der Waals surface area contributed by atoms with E-state index >= 15 is 0 Å². The summed E-state index contributed by atoms with van der Waals surface area (Å²) in [7, 11) is 0. The van der Waals surface area contributed by atoms with Crippen molar-refractivity contribution in [3.8, 4) is 11.4 Å². The first-order chi connectivity index (χ1) is 26.4. The van der Waals surface area contributed by atoms with Crippen LogP contribution in [0.2, 0.25) is 0 Å². The number of hydrogen-bond donors (Lipinski definition) is 0. The van der Waals surface area contributed by atoms with Crippen LogP contribution in [0.1, 0.15) is 74.6 Å². The Morgan fingerprint density at radius 3 is 2.00 bits per heavy atom. The van der Waals surface area contributed by atoms with Crippen LogP contribution in [0.15, 0.2) is 149 Å². The Bertz CT molecular complexity index is 3000. The third kappa shape index (κ3) is 4.38. The Labute approximate surface area is 321 Å². The van der Waals surface area contributed by atoms with Crippen LogP contribution in [0.5, 0.6) is 0 Å². The summed E-state index contributed by atoms with van der Waals surface area (Å²) in [5.41, 5.74) is 17.8. The summed E-state index contributed by atoms with van der Waals surface area (Å²) >= 11 is 1.96. The number of fused-ring (bicyclic) bond motifs is 11.